The Morgan fingerprint density at radius 3 is 2.74 bits per heavy atom. The maximum atomic E-state index is 11.3. The van der Waals surface area contributed by atoms with Gasteiger partial charge in [0.1, 0.15) is 0 Å². The number of hydrogen-bond donors (Lipinski definition) is 2. The maximum absolute atomic E-state index is 11.3. The van der Waals surface area contributed by atoms with Crippen molar-refractivity contribution in [1.82, 2.24) is 10.6 Å². The molecule has 0 fully saturated rings. The topological polar surface area (TPSA) is 80.6 Å². The molecule has 0 atom stereocenters. The lowest BCUT2D eigenvalue weighted by Crippen LogP contribution is -2.34. The highest BCUT2D eigenvalue weighted by Crippen LogP contribution is 2.11. The molecule has 2 N–H and O–H groups in total. The normalized spacial score (nSPS) is 10.5. The lowest BCUT2D eigenvalue weighted by atomic mass is 10.2. The second-order valence-electron chi connectivity index (χ2n) is 4.39. The monoisotopic (exact) mass is 268 g/mol. The minimum atomic E-state index is -0.491. The van der Waals surface area contributed by atoms with Crippen LogP contribution in [0, 0.1) is 5.92 Å². The van der Waals surface area contributed by atoms with Crippen molar-refractivity contribution in [2.75, 3.05) is 20.2 Å². The second-order valence-corrected chi connectivity index (χ2v) is 4.39. The summed E-state index contributed by atoms with van der Waals surface area (Å²) in [5.74, 6) is -0.267. The Hall–Kier alpha value is -1.82. The number of carbonyl (C=O) groups excluding carboxylic acids is 2. The van der Waals surface area contributed by atoms with Gasteiger partial charge in [-0.1, -0.05) is 13.8 Å². The number of ether oxygens (including phenoxy) is 1. The van der Waals surface area contributed by atoms with E-state index in [1.165, 1.54) is 13.4 Å². The zero-order valence-electron chi connectivity index (χ0n) is 11.5. The van der Waals surface area contributed by atoms with E-state index in [0.717, 1.165) is 5.56 Å². The molecule has 0 aliphatic rings. The highest BCUT2D eigenvalue weighted by Gasteiger charge is 2.15. The fourth-order valence-electron chi connectivity index (χ4n) is 1.45. The van der Waals surface area contributed by atoms with Gasteiger partial charge in [0.15, 0.2) is 0 Å². The largest absolute Gasteiger partial charge is 0.463 e. The van der Waals surface area contributed by atoms with Crippen LogP contribution in [0.3, 0.4) is 0 Å². The number of nitrogens with one attached hydrogen (secondary N) is 2. The third-order valence-electron chi connectivity index (χ3n) is 2.56. The smallest absolute Gasteiger partial charge is 0.374 e. The zero-order chi connectivity index (χ0) is 14.3. The van der Waals surface area contributed by atoms with Gasteiger partial charge in [-0.3, -0.25) is 4.79 Å². The molecule has 1 amide bonds. The van der Waals surface area contributed by atoms with E-state index in [4.69, 9.17) is 4.42 Å². The van der Waals surface area contributed by atoms with Gasteiger partial charge in [0.05, 0.1) is 13.4 Å². The first kappa shape index (κ1) is 15.2. The third-order valence-corrected chi connectivity index (χ3v) is 2.56. The molecule has 0 aromatic carbocycles. The highest BCUT2D eigenvalue weighted by atomic mass is 16.5. The summed E-state index contributed by atoms with van der Waals surface area (Å²) >= 11 is 0. The first-order chi connectivity index (χ1) is 9.06. The average molecular weight is 268 g/mol. The quantitative estimate of drug-likeness (QED) is 0.568. The van der Waals surface area contributed by atoms with E-state index >= 15 is 0 Å². The van der Waals surface area contributed by atoms with Crippen molar-refractivity contribution in [2.45, 2.75) is 20.4 Å². The third kappa shape index (κ3) is 4.75. The summed E-state index contributed by atoms with van der Waals surface area (Å²) in [4.78, 5) is 22.6. The molecule has 0 unspecified atom stereocenters. The summed E-state index contributed by atoms with van der Waals surface area (Å²) in [5, 5.41) is 5.91. The summed E-state index contributed by atoms with van der Waals surface area (Å²) < 4.78 is 9.66. The van der Waals surface area contributed by atoms with Crippen molar-refractivity contribution in [3.63, 3.8) is 0 Å². The van der Waals surface area contributed by atoms with Gasteiger partial charge in [0.2, 0.25) is 11.7 Å². The van der Waals surface area contributed by atoms with Crippen LogP contribution in [0.25, 0.3) is 0 Å². The number of esters is 1. The van der Waals surface area contributed by atoms with Gasteiger partial charge in [-0.15, -0.1) is 0 Å². The van der Waals surface area contributed by atoms with Gasteiger partial charge in [0, 0.05) is 31.1 Å². The lowest BCUT2D eigenvalue weighted by molar-refractivity contribution is -0.123. The molecule has 0 radical (unpaired) electrons. The number of methoxy groups -OCH3 is 1. The molecular formula is C13H20N2O4. The van der Waals surface area contributed by atoms with Crippen LogP contribution in [0.15, 0.2) is 16.7 Å². The van der Waals surface area contributed by atoms with Gasteiger partial charge >= 0.3 is 5.97 Å². The molecule has 19 heavy (non-hydrogen) atoms. The van der Waals surface area contributed by atoms with E-state index in [-0.39, 0.29) is 17.6 Å². The standard InChI is InChI=1S/C13H20N2O4/c1-9(2)12(16)15-6-5-14-8-10-4-7-19-11(10)13(17)18-3/h4,7,9,14H,5-6,8H2,1-3H3,(H,15,16). The first-order valence-corrected chi connectivity index (χ1v) is 6.19. The number of rotatable bonds is 7. The van der Waals surface area contributed by atoms with E-state index in [0.29, 0.717) is 19.6 Å². The van der Waals surface area contributed by atoms with Crippen LogP contribution in [0.4, 0.5) is 0 Å². The summed E-state index contributed by atoms with van der Waals surface area (Å²) in [6, 6.07) is 1.71. The molecule has 6 nitrogen and oxygen atoms in total. The zero-order valence-corrected chi connectivity index (χ0v) is 11.5. The summed E-state index contributed by atoms with van der Waals surface area (Å²) in [7, 11) is 1.31. The van der Waals surface area contributed by atoms with Crippen LogP contribution in [0.2, 0.25) is 0 Å². The van der Waals surface area contributed by atoms with Crippen molar-refractivity contribution in [3.8, 4) is 0 Å². The predicted octanol–water partition coefficient (Wildman–Crippen LogP) is 0.928. The number of furan rings is 1. The average Bonchev–Trinajstić information content (AvgIpc) is 2.85. The van der Waals surface area contributed by atoms with E-state index in [1.54, 1.807) is 6.07 Å². The molecule has 106 valence electrons. The van der Waals surface area contributed by atoms with Crippen LogP contribution >= 0.6 is 0 Å². The SMILES string of the molecule is COC(=O)c1occc1CNCCNC(=O)C(C)C. The van der Waals surface area contributed by atoms with Crippen LogP contribution in [0.1, 0.15) is 30.0 Å². The van der Waals surface area contributed by atoms with Crippen molar-refractivity contribution >= 4 is 11.9 Å². The Morgan fingerprint density at radius 2 is 2.11 bits per heavy atom. The Balaban J connectivity index is 2.28. The van der Waals surface area contributed by atoms with E-state index in [1.807, 2.05) is 13.8 Å². The second kappa shape index (κ2) is 7.58. The molecule has 1 aromatic heterocycles. The molecule has 0 aliphatic heterocycles. The molecule has 1 rings (SSSR count). The fraction of sp³-hybridized carbons (Fsp3) is 0.538. The number of hydrogen-bond acceptors (Lipinski definition) is 5. The van der Waals surface area contributed by atoms with Crippen molar-refractivity contribution in [2.24, 2.45) is 5.92 Å². The Morgan fingerprint density at radius 1 is 1.37 bits per heavy atom. The van der Waals surface area contributed by atoms with Crippen molar-refractivity contribution < 1.29 is 18.7 Å². The Kier molecular flexibility index (Phi) is 6.08. The summed E-state index contributed by atoms with van der Waals surface area (Å²) in [6.45, 7) is 5.33. The van der Waals surface area contributed by atoms with Crippen LogP contribution in [-0.4, -0.2) is 32.1 Å². The summed E-state index contributed by atoms with van der Waals surface area (Å²) in [5.41, 5.74) is 0.738. The fourth-order valence-corrected chi connectivity index (χ4v) is 1.45. The van der Waals surface area contributed by atoms with Gasteiger partial charge in [0.25, 0.3) is 0 Å². The molecule has 1 aromatic rings. The number of amides is 1. The maximum Gasteiger partial charge on any atom is 0.374 e. The minimum Gasteiger partial charge on any atom is -0.463 e. The molecule has 0 saturated heterocycles. The molecule has 0 spiro atoms. The van der Waals surface area contributed by atoms with Crippen LogP contribution in [0.5, 0.6) is 0 Å². The minimum absolute atomic E-state index is 0.0141. The predicted molar refractivity (Wildman–Crippen MR) is 69.6 cm³/mol. The van der Waals surface area contributed by atoms with Gasteiger partial charge in [-0.2, -0.15) is 0 Å². The molecule has 0 aliphatic carbocycles. The Bertz CT molecular complexity index is 426. The highest BCUT2D eigenvalue weighted by molar-refractivity contribution is 5.87. The molecule has 0 bridgehead atoms. The van der Waals surface area contributed by atoms with E-state index < -0.39 is 5.97 Å². The van der Waals surface area contributed by atoms with Gasteiger partial charge in [-0.25, -0.2) is 4.79 Å². The Labute approximate surface area is 112 Å². The molecular weight excluding hydrogens is 248 g/mol. The van der Waals surface area contributed by atoms with Gasteiger partial charge in [-0.05, 0) is 6.07 Å². The number of carbonyl (C=O) groups is 2. The summed E-state index contributed by atoms with van der Waals surface area (Å²) in [6.07, 6.45) is 1.45. The van der Waals surface area contributed by atoms with Crippen LogP contribution in [-0.2, 0) is 16.1 Å². The molecule has 1 heterocycles. The van der Waals surface area contributed by atoms with Gasteiger partial charge < -0.3 is 19.8 Å². The molecule has 0 saturated carbocycles. The first-order valence-electron chi connectivity index (χ1n) is 6.19. The van der Waals surface area contributed by atoms with Crippen LogP contribution < -0.4 is 10.6 Å². The molecule has 6 heteroatoms. The van der Waals surface area contributed by atoms with E-state index in [2.05, 4.69) is 15.4 Å². The lowest BCUT2D eigenvalue weighted by Gasteiger charge is -2.08. The van der Waals surface area contributed by atoms with Crippen molar-refractivity contribution in [1.29, 1.82) is 0 Å². The van der Waals surface area contributed by atoms with E-state index in [9.17, 15) is 9.59 Å². The van der Waals surface area contributed by atoms with Crippen molar-refractivity contribution in [3.05, 3.63) is 23.7 Å².